The summed E-state index contributed by atoms with van der Waals surface area (Å²) in [5, 5.41) is 8.95. The molecule has 0 bridgehead atoms. The Hall–Kier alpha value is -3.22. The number of nitrogens with one attached hydrogen (secondary N) is 3. The molecule has 0 fully saturated rings. The second kappa shape index (κ2) is 10.4. The summed E-state index contributed by atoms with van der Waals surface area (Å²) in [6, 6.07) is 18.2. The van der Waals surface area contributed by atoms with Crippen LogP contribution in [0, 0.1) is 13.8 Å². The van der Waals surface area contributed by atoms with Gasteiger partial charge in [0.25, 0.3) is 0 Å². The number of anilines is 1. The summed E-state index contributed by atoms with van der Waals surface area (Å²) in [4.78, 5) is 3.39. The molecule has 0 spiro atoms. The monoisotopic (exact) mass is 493 g/mol. The number of aromatic amines is 1. The first kappa shape index (κ1) is 23.9. The molecule has 0 saturated carbocycles. The molecule has 0 radical (unpaired) electrons. The lowest BCUT2D eigenvalue weighted by Gasteiger charge is -2.23. The lowest BCUT2D eigenvalue weighted by molar-refractivity contribution is 0.350. The summed E-state index contributed by atoms with van der Waals surface area (Å²) in [5.74, 6) is 1.33. The average molecular weight is 494 g/mol. The second-order valence-electron chi connectivity index (χ2n) is 8.20. The highest BCUT2D eigenvalue weighted by Crippen LogP contribution is 2.40. The van der Waals surface area contributed by atoms with Crippen molar-refractivity contribution in [2.45, 2.75) is 19.8 Å². The normalized spacial score (nSPS) is 11.8. The molecule has 3 aromatic carbocycles. The SMILES string of the molecule is COc1cccc(C(CNC(=S)Nc2c(C)cc(C)cc2Cl)c2c[nH]c3ccccc23)c1OC. The third-order valence-corrected chi connectivity index (χ3v) is 6.49. The van der Waals surface area contributed by atoms with E-state index in [-0.39, 0.29) is 5.92 Å². The number of ether oxygens (including phenoxy) is 2. The number of H-pyrrole nitrogens is 1. The lowest BCUT2D eigenvalue weighted by Crippen LogP contribution is -2.33. The average Bonchev–Trinajstić information content (AvgIpc) is 3.25. The first-order valence-electron chi connectivity index (χ1n) is 11.0. The highest BCUT2D eigenvalue weighted by atomic mass is 35.5. The molecule has 0 aliphatic rings. The van der Waals surface area contributed by atoms with Crippen LogP contribution in [0.4, 0.5) is 5.69 Å². The van der Waals surface area contributed by atoms with Crippen LogP contribution in [0.3, 0.4) is 0 Å². The standard InChI is InChI=1S/C27H28ClN3O2S/c1-16-12-17(2)25(22(28)13-16)31-27(34)30-15-21(19-9-7-11-24(32-3)26(19)33-4)20-14-29-23-10-6-5-8-18(20)23/h5-14,21,29H,15H2,1-4H3,(H2,30,31,34). The second-order valence-corrected chi connectivity index (χ2v) is 9.01. The molecule has 1 atom stereocenters. The maximum Gasteiger partial charge on any atom is 0.170 e. The van der Waals surface area contributed by atoms with Gasteiger partial charge in [-0.3, -0.25) is 0 Å². The molecule has 0 saturated heterocycles. The Balaban J connectivity index is 1.67. The number of methoxy groups -OCH3 is 2. The molecule has 176 valence electrons. The van der Waals surface area contributed by atoms with Gasteiger partial charge in [-0.15, -0.1) is 0 Å². The highest BCUT2D eigenvalue weighted by molar-refractivity contribution is 7.80. The Labute approximate surface area is 210 Å². The van der Waals surface area contributed by atoms with Crippen LogP contribution >= 0.6 is 23.8 Å². The lowest BCUT2D eigenvalue weighted by atomic mass is 9.90. The summed E-state index contributed by atoms with van der Waals surface area (Å²) >= 11 is 12.1. The van der Waals surface area contributed by atoms with E-state index in [1.807, 2.05) is 50.4 Å². The molecule has 5 nitrogen and oxygen atoms in total. The summed E-state index contributed by atoms with van der Waals surface area (Å²) in [5.41, 5.74) is 6.18. The Morgan fingerprint density at radius 3 is 2.56 bits per heavy atom. The van der Waals surface area contributed by atoms with E-state index in [0.29, 0.717) is 28.2 Å². The Morgan fingerprint density at radius 1 is 1.03 bits per heavy atom. The van der Waals surface area contributed by atoms with Crippen molar-refractivity contribution in [1.29, 1.82) is 0 Å². The third kappa shape index (κ3) is 4.83. The number of aryl methyl sites for hydroxylation is 2. The molecule has 34 heavy (non-hydrogen) atoms. The van der Waals surface area contributed by atoms with E-state index < -0.39 is 0 Å². The molecular weight excluding hydrogens is 466 g/mol. The van der Waals surface area contributed by atoms with Crippen molar-refractivity contribution in [2.75, 3.05) is 26.1 Å². The fraction of sp³-hybridized carbons (Fsp3) is 0.222. The van der Waals surface area contributed by atoms with Crippen molar-refractivity contribution in [1.82, 2.24) is 10.3 Å². The topological polar surface area (TPSA) is 58.3 Å². The highest BCUT2D eigenvalue weighted by Gasteiger charge is 2.24. The van der Waals surface area contributed by atoms with E-state index in [2.05, 4.69) is 39.9 Å². The van der Waals surface area contributed by atoms with Crippen LogP contribution in [0.15, 0.2) is 60.8 Å². The molecule has 1 heterocycles. The van der Waals surface area contributed by atoms with Gasteiger partial charge in [0.05, 0.1) is 24.9 Å². The van der Waals surface area contributed by atoms with E-state index in [0.717, 1.165) is 38.8 Å². The third-order valence-electron chi connectivity index (χ3n) is 5.94. The minimum absolute atomic E-state index is 0.0597. The number of hydrogen-bond acceptors (Lipinski definition) is 3. The van der Waals surface area contributed by atoms with Crippen LogP contribution in [-0.4, -0.2) is 30.9 Å². The molecule has 0 amide bonds. The predicted molar refractivity (Wildman–Crippen MR) is 145 cm³/mol. The predicted octanol–water partition coefficient (Wildman–Crippen LogP) is 6.57. The largest absolute Gasteiger partial charge is 0.493 e. The molecule has 0 aliphatic carbocycles. The van der Waals surface area contributed by atoms with Crippen molar-refractivity contribution in [3.05, 3.63) is 88.1 Å². The van der Waals surface area contributed by atoms with E-state index in [1.54, 1.807) is 14.2 Å². The van der Waals surface area contributed by atoms with Gasteiger partial charge in [0.15, 0.2) is 16.6 Å². The number of fused-ring (bicyclic) bond motifs is 1. The van der Waals surface area contributed by atoms with Crippen molar-refractivity contribution in [3.8, 4) is 11.5 Å². The smallest absolute Gasteiger partial charge is 0.170 e. The van der Waals surface area contributed by atoms with E-state index in [1.165, 1.54) is 0 Å². The van der Waals surface area contributed by atoms with Gasteiger partial charge in [-0.05, 0) is 61.0 Å². The number of rotatable bonds is 7. The number of benzene rings is 3. The molecule has 7 heteroatoms. The number of hydrogen-bond donors (Lipinski definition) is 3. The van der Waals surface area contributed by atoms with Crippen LogP contribution in [0.5, 0.6) is 11.5 Å². The zero-order valence-electron chi connectivity index (χ0n) is 19.7. The van der Waals surface area contributed by atoms with Crippen LogP contribution in [0.25, 0.3) is 10.9 Å². The molecular formula is C27H28ClN3O2S. The van der Waals surface area contributed by atoms with Crippen LogP contribution in [-0.2, 0) is 0 Å². The first-order valence-corrected chi connectivity index (χ1v) is 11.8. The summed E-state index contributed by atoms with van der Waals surface area (Å²) in [6.45, 7) is 4.58. The van der Waals surface area contributed by atoms with E-state index >= 15 is 0 Å². The van der Waals surface area contributed by atoms with Gasteiger partial charge < -0.3 is 25.1 Å². The number of thiocarbonyl (C=S) groups is 1. The van der Waals surface area contributed by atoms with Gasteiger partial charge in [-0.1, -0.05) is 48.0 Å². The van der Waals surface area contributed by atoms with Gasteiger partial charge in [0, 0.05) is 35.1 Å². The summed E-state index contributed by atoms with van der Waals surface area (Å²) < 4.78 is 11.3. The molecule has 1 unspecified atom stereocenters. The van der Waals surface area contributed by atoms with Gasteiger partial charge in [0.2, 0.25) is 0 Å². The van der Waals surface area contributed by atoms with E-state index in [4.69, 9.17) is 33.3 Å². The van der Waals surface area contributed by atoms with Gasteiger partial charge >= 0.3 is 0 Å². The van der Waals surface area contributed by atoms with Crippen molar-refractivity contribution in [2.24, 2.45) is 0 Å². The number of halogens is 1. The summed E-state index contributed by atoms with van der Waals surface area (Å²) in [7, 11) is 3.31. The maximum absolute atomic E-state index is 6.47. The van der Waals surface area contributed by atoms with Gasteiger partial charge in [-0.25, -0.2) is 0 Å². The molecule has 4 aromatic rings. The molecule has 3 N–H and O–H groups in total. The molecule has 4 rings (SSSR count). The fourth-order valence-corrected chi connectivity index (χ4v) is 4.94. The number of para-hydroxylation sites is 2. The minimum Gasteiger partial charge on any atom is -0.493 e. The Kier molecular flexibility index (Phi) is 7.29. The Bertz CT molecular complexity index is 1310. The van der Waals surface area contributed by atoms with Crippen molar-refractivity contribution in [3.63, 3.8) is 0 Å². The Morgan fingerprint density at radius 2 is 1.82 bits per heavy atom. The van der Waals surface area contributed by atoms with Crippen LogP contribution < -0.4 is 20.1 Å². The fourth-order valence-electron chi connectivity index (χ4n) is 4.38. The first-order chi connectivity index (χ1) is 16.4. The van der Waals surface area contributed by atoms with E-state index in [9.17, 15) is 0 Å². The zero-order chi connectivity index (χ0) is 24.2. The molecule has 0 aliphatic heterocycles. The van der Waals surface area contributed by atoms with Crippen LogP contribution in [0.2, 0.25) is 5.02 Å². The number of aromatic nitrogens is 1. The van der Waals surface area contributed by atoms with Crippen molar-refractivity contribution >= 4 is 45.5 Å². The zero-order valence-corrected chi connectivity index (χ0v) is 21.2. The quantitative estimate of drug-likeness (QED) is 0.254. The van der Waals surface area contributed by atoms with Crippen molar-refractivity contribution < 1.29 is 9.47 Å². The van der Waals surface area contributed by atoms with Crippen LogP contribution in [0.1, 0.15) is 28.2 Å². The van der Waals surface area contributed by atoms with Gasteiger partial charge in [-0.2, -0.15) is 0 Å². The maximum atomic E-state index is 6.47. The minimum atomic E-state index is -0.0597. The van der Waals surface area contributed by atoms with Gasteiger partial charge in [0.1, 0.15) is 0 Å². The summed E-state index contributed by atoms with van der Waals surface area (Å²) in [6.07, 6.45) is 2.05. The molecule has 1 aromatic heterocycles.